The van der Waals surface area contributed by atoms with E-state index in [0.717, 1.165) is 0 Å². The molecule has 10 nitrogen and oxygen atoms in total. The SMILES string of the molecule is [O]=[GeH][O-].[O]=[GeH][O-].[O]=[GeH][O-].[O]=[GeH][O-].[O]=[GeH][O-].[V+5]. The standard InChI is InChI=1S/5GeHO2.V/c5*2-1-3;/h5*1H;/q5*-1;+5. The maximum atomic E-state index is 8.53. The van der Waals surface area contributed by atoms with Gasteiger partial charge in [-0.2, -0.15) is 0 Å². The van der Waals surface area contributed by atoms with E-state index in [2.05, 4.69) is 0 Å². The molecule has 0 aromatic rings. The van der Waals surface area contributed by atoms with E-state index in [1.54, 1.807) is 0 Å². The van der Waals surface area contributed by atoms with Crippen molar-refractivity contribution in [2.75, 3.05) is 0 Å². The molecule has 0 atom stereocenters. The Balaban J connectivity index is -0.0000000192. The van der Waals surface area contributed by atoms with Gasteiger partial charge in [0.1, 0.15) is 0 Å². The molecule has 0 aliphatic rings. The van der Waals surface area contributed by atoms with Crippen LogP contribution in [0.25, 0.3) is 0 Å². The summed E-state index contributed by atoms with van der Waals surface area (Å²) in [5.74, 6) is 0. The number of rotatable bonds is 0. The summed E-state index contributed by atoms with van der Waals surface area (Å²) in [6.45, 7) is 0. The summed E-state index contributed by atoms with van der Waals surface area (Å²) >= 11 is -10.9. The van der Waals surface area contributed by atoms with Crippen LogP contribution in [0.1, 0.15) is 0 Å². The third-order valence-corrected chi connectivity index (χ3v) is 0. The first-order valence-corrected chi connectivity index (χ1v) is 12.2. The van der Waals surface area contributed by atoms with E-state index in [1.165, 1.54) is 0 Å². The second kappa shape index (κ2) is 96.2. The van der Waals surface area contributed by atoms with Gasteiger partial charge in [0.15, 0.2) is 0 Å². The maximum Gasteiger partial charge on any atom is 5.00 e. The summed E-state index contributed by atoms with van der Waals surface area (Å²) in [4.78, 5) is 0. The van der Waals surface area contributed by atoms with E-state index in [9.17, 15) is 0 Å². The van der Waals surface area contributed by atoms with Gasteiger partial charge >= 0.3 is 137 Å². The van der Waals surface area contributed by atoms with Crippen LogP contribution >= 0.6 is 0 Å². The van der Waals surface area contributed by atoms with E-state index in [4.69, 9.17) is 39.6 Å². The van der Waals surface area contributed by atoms with E-state index >= 15 is 0 Å². The van der Waals surface area contributed by atoms with Crippen LogP contribution in [0.2, 0.25) is 0 Å². The zero-order valence-corrected chi connectivity index (χ0v) is 20.9. The molecule has 0 aliphatic heterocycles. The van der Waals surface area contributed by atoms with Gasteiger partial charge in [0.25, 0.3) is 0 Å². The fraction of sp³-hybridized carbons (Fsp3) is 0. The Morgan fingerprint density at radius 3 is 0.438 bits per heavy atom. The maximum absolute atomic E-state index is 8.53. The molecule has 16 heavy (non-hydrogen) atoms. The average Bonchev–Trinajstić information content (AvgIpc) is 2.09. The van der Waals surface area contributed by atoms with Gasteiger partial charge in [0.05, 0.1) is 0 Å². The molecule has 0 amide bonds. The van der Waals surface area contributed by atoms with Crippen LogP contribution in [0.3, 0.4) is 0 Å². The molecule has 0 aliphatic carbocycles. The van der Waals surface area contributed by atoms with E-state index < -0.39 is 78.5 Å². The van der Waals surface area contributed by atoms with Crippen LogP contribution in [0, 0.1) is 0 Å². The molecule has 0 heterocycles. The predicted octanol–water partition coefficient (Wildman–Crippen LogP) is -9.78. The normalized spacial score (nSPS) is 3.75. The van der Waals surface area contributed by atoms with Crippen LogP contribution in [0.15, 0.2) is 0 Å². The van der Waals surface area contributed by atoms with E-state index in [0.29, 0.717) is 0 Å². The molecule has 0 rings (SSSR count). The van der Waals surface area contributed by atoms with Crippen molar-refractivity contribution in [1.82, 2.24) is 0 Å². The van der Waals surface area contributed by atoms with E-state index in [1.807, 2.05) is 0 Å². The summed E-state index contributed by atoms with van der Waals surface area (Å²) in [7, 11) is 0. The molecule has 0 saturated heterocycles. The molecule has 0 aromatic heterocycles. The quantitative estimate of drug-likeness (QED) is 0.248. The van der Waals surface area contributed by atoms with Crippen molar-refractivity contribution in [3.8, 4) is 0 Å². The largest absolute Gasteiger partial charge is 5.00 e. The topological polar surface area (TPSA) is 201 Å². The third-order valence-electron chi connectivity index (χ3n) is 0. The molecule has 90 valence electrons. The van der Waals surface area contributed by atoms with Crippen molar-refractivity contribution < 1.29 is 58.1 Å². The first-order chi connectivity index (χ1) is 7.07. The summed E-state index contributed by atoms with van der Waals surface area (Å²) in [6, 6.07) is 0. The molecule has 0 spiro atoms. The summed E-state index contributed by atoms with van der Waals surface area (Å²) < 4.78 is 85.3. The Morgan fingerprint density at radius 2 is 0.438 bits per heavy atom. The monoisotopic (exact) mass is 586 g/mol. The second-order valence-corrected chi connectivity index (χ2v) is 2.50. The third kappa shape index (κ3) is 1850. The van der Waals surface area contributed by atoms with Crippen LogP contribution in [-0.4, -0.2) is 78.5 Å². The summed E-state index contributed by atoms with van der Waals surface area (Å²) in [5, 5.41) is 0. The van der Waals surface area contributed by atoms with Gasteiger partial charge in [0, 0.05) is 0 Å². The summed E-state index contributed by atoms with van der Waals surface area (Å²) in [5.41, 5.74) is 0. The van der Waals surface area contributed by atoms with Gasteiger partial charge in [-0.1, -0.05) is 0 Å². The molecule has 0 N–H and O–H groups in total. The molecule has 0 radical (unpaired) electrons. The van der Waals surface area contributed by atoms with Gasteiger partial charge in [-0.05, 0) is 0 Å². The molecule has 0 saturated carbocycles. The molecule has 0 unspecified atom stereocenters. The molecular formula is H5Ge5O10V. The predicted molar refractivity (Wildman–Crippen MR) is 39.2 cm³/mol. The van der Waals surface area contributed by atoms with Crippen molar-refractivity contribution in [3.63, 3.8) is 0 Å². The minimum atomic E-state index is -2.19. The fourth-order valence-electron chi connectivity index (χ4n) is 0. The smallest absolute Gasteiger partial charge is 5.00 e. The molecule has 0 aromatic carbocycles. The zero-order chi connectivity index (χ0) is 13.5. The van der Waals surface area contributed by atoms with Gasteiger partial charge in [0.2, 0.25) is 0 Å². The van der Waals surface area contributed by atoms with Crippen molar-refractivity contribution in [3.05, 3.63) is 0 Å². The molecule has 0 bridgehead atoms. The van der Waals surface area contributed by atoms with Crippen LogP contribution in [0.5, 0.6) is 0 Å². The Morgan fingerprint density at radius 1 is 0.438 bits per heavy atom. The Kier molecular flexibility index (Phi) is 216. The Bertz CT molecular complexity index is 91.5. The fourth-order valence-corrected chi connectivity index (χ4v) is 0. The van der Waals surface area contributed by atoms with Crippen molar-refractivity contribution in [1.29, 1.82) is 0 Å². The van der Waals surface area contributed by atoms with Crippen LogP contribution < -0.4 is 20.7 Å². The molecule has 16 heteroatoms. The average molecular weight is 579 g/mol. The van der Waals surface area contributed by atoms with Crippen molar-refractivity contribution in [2.45, 2.75) is 0 Å². The van der Waals surface area contributed by atoms with Gasteiger partial charge < -0.3 is 0 Å². The molecular weight excluding hydrogens is 574 g/mol. The van der Waals surface area contributed by atoms with Gasteiger partial charge in [-0.3, -0.25) is 0 Å². The van der Waals surface area contributed by atoms with Crippen molar-refractivity contribution in [2.24, 2.45) is 0 Å². The van der Waals surface area contributed by atoms with Crippen molar-refractivity contribution >= 4 is 78.5 Å². The first kappa shape index (κ1) is 36.0. The zero-order valence-electron chi connectivity index (χ0n) is 7.42. The minimum absolute atomic E-state index is 0. The Labute approximate surface area is 135 Å². The first-order valence-electron chi connectivity index (χ1n) is 2.36. The summed E-state index contributed by atoms with van der Waals surface area (Å²) in [6.07, 6.45) is 0. The van der Waals surface area contributed by atoms with E-state index in [-0.39, 0.29) is 18.6 Å². The van der Waals surface area contributed by atoms with Gasteiger partial charge in [-0.25, -0.2) is 0 Å². The Hall–Kier alpha value is 1.30. The van der Waals surface area contributed by atoms with Crippen LogP contribution in [-0.2, 0) is 37.4 Å². The second-order valence-electron chi connectivity index (χ2n) is 0.481. The minimum Gasteiger partial charge on any atom is 5.00 e. The van der Waals surface area contributed by atoms with Crippen LogP contribution in [0.4, 0.5) is 0 Å². The molecule has 0 fully saturated rings. The number of hydrogen-bond donors (Lipinski definition) is 0. The number of hydrogen-bond acceptors (Lipinski definition) is 10. The van der Waals surface area contributed by atoms with Gasteiger partial charge in [-0.15, -0.1) is 0 Å².